The van der Waals surface area contributed by atoms with Gasteiger partial charge in [-0.25, -0.2) is 9.59 Å². The number of pyridine rings is 1. The molecule has 0 saturated heterocycles. The average Bonchev–Trinajstić information content (AvgIpc) is 3.06. The van der Waals surface area contributed by atoms with Gasteiger partial charge in [0.1, 0.15) is 6.04 Å². The normalized spacial score (nSPS) is 13.8. The molecule has 250 valence electrons. The molecule has 47 heavy (non-hydrogen) atoms. The number of para-hydroxylation sites is 1. The Morgan fingerprint density at radius 2 is 1.62 bits per heavy atom. The first kappa shape index (κ1) is 35.7. The van der Waals surface area contributed by atoms with Gasteiger partial charge in [0.2, 0.25) is 0 Å². The molecular weight excluding hydrogens is 641 g/mol. The Hall–Kier alpha value is -4.15. The van der Waals surface area contributed by atoms with Crippen LogP contribution in [0.2, 0.25) is 10.0 Å². The summed E-state index contributed by atoms with van der Waals surface area (Å²) in [4.78, 5) is 57.4. The monoisotopic (exact) mass is 681 g/mol. The van der Waals surface area contributed by atoms with Crippen LogP contribution < -0.4 is 20.9 Å². The van der Waals surface area contributed by atoms with E-state index in [2.05, 4.69) is 27.9 Å². The first-order valence-electron chi connectivity index (χ1n) is 16.0. The molecule has 0 spiro atoms. The molecular formula is C35H41Cl2N5O5. The van der Waals surface area contributed by atoms with E-state index in [0.717, 1.165) is 25.7 Å². The van der Waals surface area contributed by atoms with Crippen molar-refractivity contribution >= 4 is 58.4 Å². The predicted molar refractivity (Wildman–Crippen MR) is 185 cm³/mol. The van der Waals surface area contributed by atoms with Crippen LogP contribution in [0.5, 0.6) is 0 Å². The zero-order valence-corrected chi connectivity index (χ0v) is 27.9. The molecule has 1 atom stereocenters. The number of unbranched alkanes of at least 4 members (excludes halogenated alkanes) is 2. The summed E-state index contributed by atoms with van der Waals surface area (Å²) in [5, 5.41) is 18.7. The van der Waals surface area contributed by atoms with Gasteiger partial charge in [-0.1, -0.05) is 86.5 Å². The van der Waals surface area contributed by atoms with Gasteiger partial charge >= 0.3 is 12.0 Å². The number of aromatic nitrogens is 1. The maximum atomic E-state index is 13.7. The zero-order chi connectivity index (χ0) is 33.8. The van der Waals surface area contributed by atoms with Gasteiger partial charge in [0.15, 0.2) is 0 Å². The SMILES string of the molecule is CCCCCN(C(=O)NC(Cc1ccc(NC(=O)c2c(Cl)cncc2Cl)cc1)C(=O)O)c1ccccc1C(=O)NCC1CCCCC1. The van der Waals surface area contributed by atoms with E-state index in [-0.39, 0.29) is 27.9 Å². The number of carbonyl (C=O) groups is 4. The van der Waals surface area contributed by atoms with Gasteiger partial charge in [0.05, 0.1) is 26.9 Å². The number of carbonyl (C=O) groups excluding carboxylic acids is 3. The lowest BCUT2D eigenvalue weighted by Crippen LogP contribution is -2.50. The molecule has 2 aromatic carbocycles. The minimum atomic E-state index is -1.25. The summed E-state index contributed by atoms with van der Waals surface area (Å²) in [6.07, 6.45) is 10.9. The molecule has 4 N–H and O–H groups in total. The standard InChI is InChI=1S/C35H41Cl2N5O5/c1-2-3-9-18-42(30-13-8-7-12-26(30)32(43)39-20-24-10-5-4-6-11-24)35(47)41-29(34(45)46)19-23-14-16-25(17-15-23)40-33(44)31-27(36)21-38-22-28(31)37/h7-8,12-17,21-22,24,29H,2-6,9-11,18-20H2,1H3,(H,39,43)(H,40,44)(H,41,47)(H,45,46). The Kier molecular flexibility index (Phi) is 13.4. The predicted octanol–water partition coefficient (Wildman–Crippen LogP) is 7.35. The van der Waals surface area contributed by atoms with Gasteiger partial charge < -0.3 is 21.1 Å². The second-order valence-corrected chi connectivity index (χ2v) is 12.6. The van der Waals surface area contributed by atoms with Crippen molar-refractivity contribution in [3.63, 3.8) is 0 Å². The number of hydrogen-bond donors (Lipinski definition) is 4. The lowest BCUT2D eigenvalue weighted by atomic mass is 9.89. The minimum absolute atomic E-state index is 0.0103. The molecule has 4 rings (SSSR count). The molecule has 1 aliphatic rings. The average molecular weight is 683 g/mol. The van der Waals surface area contributed by atoms with Gasteiger partial charge in [-0.05, 0) is 55.0 Å². The quantitative estimate of drug-likeness (QED) is 0.131. The molecule has 1 fully saturated rings. The first-order valence-corrected chi connectivity index (χ1v) is 16.8. The number of amides is 4. The van der Waals surface area contributed by atoms with Crippen molar-refractivity contribution in [2.75, 3.05) is 23.3 Å². The van der Waals surface area contributed by atoms with Gasteiger partial charge in [0, 0.05) is 37.6 Å². The van der Waals surface area contributed by atoms with Crippen molar-refractivity contribution in [1.29, 1.82) is 0 Å². The van der Waals surface area contributed by atoms with Gasteiger partial charge in [0.25, 0.3) is 11.8 Å². The summed E-state index contributed by atoms with van der Waals surface area (Å²) in [6.45, 7) is 2.96. The van der Waals surface area contributed by atoms with Crippen LogP contribution in [0.4, 0.5) is 16.2 Å². The molecule has 0 radical (unpaired) electrons. The summed E-state index contributed by atoms with van der Waals surface area (Å²) < 4.78 is 0. The fourth-order valence-electron chi connectivity index (χ4n) is 5.68. The summed E-state index contributed by atoms with van der Waals surface area (Å²) >= 11 is 12.2. The fourth-order valence-corrected chi connectivity index (χ4v) is 6.22. The van der Waals surface area contributed by atoms with E-state index in [1.165, 1.54) is 36.6 Å². The molecule has 1 heterocycles. The maximum absolute atomic E-state index is 13.7. The van der Waals surface area contributed by atoms with Crippen LogP contribution in [-0.2, 0) is 11.2 Å². The van der Waals surface area contributed by atoms with E-state index < -0.39 is 23.9 Å². The molecule has 12 heteroatoms. The van der Waals surface area contributed by atoms with Crippen molar-refractivity contribution in [3.05, 3.63) is 87.7 Å². The molecule has 3 aromatic rings. The van der Waals surface area contributed by atoms with Crippen molar-refractivity contribution in [2.45, 2.75) is 70.8 Å². The number of carboxylic acids is 1. The number of halogens is 2. The minimum Gasteiger partial charge on any atom is -0.480 e. The van der Waals surface area contributed by atoms with Crippen LogP contribution >= 0.6 is 23.2 Å². The maximum Gasteiger partial charge on any atom is 0.326 e. The number of nitrogens with zero attached hydrogens (tertiary/aromatic N) is 2. The van der Waals surface area contributed by atoms with Crippen LogP contribution in [0.1, 0.15) is 84.6 Å². The number of hydrogen-bond acceptors (Lipinski definition) is 5. The van der Waals surface area contributed by atoms with Crippen molar-refractivity contribution in [3.8, 4) is 0 Å². The van der Waals surface area contributed by atoms with E-state index in [4.69, 9.17) is 23.2 Å². The van der Waals surface area contributed by atoms with Crippen LogP contribution in [0.25, 0.3) is 0 Å². The molecule has 10 nitrogen and oxygen atoms in total. The number of carboxylic acid groups (broad SMARTS) is 1. The van der Waals surface area contributed by atoms with Gasteiger partial charge in [-0.3, -0.25) is 19.5 Å². The van der Waals surface area contributed by atoms with Crippen LogP contribution in [-0.4, -0.2) is 53.0 Å². The second kappa shape index (κ2) is 17.7. The Bertz CT molecular complexity index is 1530. The molecule has 0 aliphatic heterocycles. The largest absolute Gasteiger partial charge is 0.480 e. The molecule has 0 bridgehead atoms. The highest BCUT2D eigenvalue weighted by Gasteiger charge is 2.27. The third-order valence-electron chi connectivity index (χ3n) is 8.27. The van der Waals surface area contributed by atoms with Gasteiger partial charge in [-0.15, -0.1) is 0 Å². The number of nitrogens with one attached hydrogen (secondary N) is 3. The molecule has 1 aliphatic carbocycles. The number of benzene rings is 2. The van der Waals surface area contributed by atoms with Crippen molar-refractivity contribution in [1.82, 2.24) is 15.6 Å². The number of rotatable bonds is 14. The number of aliphatic carboxylic acids is 1. The van der Waals surface area contributed by atoms with Crippen LogP contribution in [0.3, 0.4) is 0 Å². The van der Waals surface area contributed by atoms with E-state index in [1.54, 1.807) is 48.5 Å². The second-order valence-electron chi connectivity index (χ2n) is 11.8. The highest BCUT2D eigenvalue weighted by molar-refractivity contribution is 6.40. The molecule has 1 aromatic heterocycles. The van der Waals surface area contributed by atoms with Gasteiger partial charge in [-0.2, -0.15) is 0 Å². The summed E-state index contributed by atoms with van der Waals surface area (Å²) in [5.74, 6) is -1.53. The van der Waals surface area contributed by atoms with E-state index >= 15 is 0 Å². The smallest absolute Gasteiger partial charge is 0.326 e. The summed E-state index contributed by atoms with van der Waals surface area (Å²) in [5.41, 5.74) is 1.96. The highest BCUT2D eigenvalue weighted by Crippen LogP contribution is 2.26. The summed E-state index contributed by atoms with van der Waals surface area (Å²) in [6, 6.07) is 11.7. The fraction of sp³-hybridized carbons (Fsp3) is 0.400. The lowest BCUT2D eigenvalue weighted by Gasteiger charge is -2.27. The Morgan fingerprint density at radius 3 is 2.28 bits per heavy atom. The third kappa shape index (κ3) is 10.2. The molecule has 1 unspecified atom stereocenters. The lowest BCUT2D eigenvalue weighted by molar-refractivity contribution is -0.139. The third-order valence-corrected chi connectivity index (χ3v) is 8.85. The highest BCUT2D eigenvalue weighted by atomic mass is 35.5. The number of urea groups is 1. The first-order chi connectivity index (χ1) is 22.7. The van der Waals surface area contributed by atoms with E-state index in [1.807, 2.05) is 0 Å². The van der Waals surface area contributed by atoms with E-state index in [0.29, 0.717) is 47.9 Å². The Morgan fingerprint density at radius 1 is 0.936 bits per heavy atom. The topological polar surface area (TPSA) is 141 Å². The van der Waals surface area contributed by atoms with Crippen LogP contribution in [0.15, 0.2) is 60.9 Å². The van der Waals surface area contributed by atoms with Crippen molar-refractivity contribution < 1.29 is 24.3 Å². The summed E-state index contributed by atoms with van der Waals surface area (Å²) in [7, 11) is 0. The molecule has 4 amide bonds. The molecule has 1 saturated carbocycles. The van der Waals surface area contributed by atoms with E-state index in [9.17, 15) is 24.3 Å². The van der Waals surface area contributed by atoms with Crippen molar-refractivity contribution in [2.24, 2.45) is 5.92 Å². The van der Waals surface area contributed by atoms with Crippen LogP contribution in [0, 0.1) is 5.92 Å². The Labute approximate surface area is 285 Å². The number of anilines is 2. The zero-order valence-electron chi connectivity index (χ0n) is 26.4. The Balaban J connectivity index is 1.46.